The summed E-state index contributed by atoms with van der Waals surface area (Å²) in [6.07, 6.45) is 0. The van der Waals surface area contributed by atoms with Gasteiger partial charge in [-0.05, 0) is 34.6 Å². The SMILES string of the molecule is C[C@H](N1Cc2ccccc2-c2ccccc2C1)C(C)(C)C. The average Bonchev–Trinajstić information content (AvgIpc) is 2.62. The highest BCUT2D eigenvalue weighted by molar-refractivity contribution is 5.71. The van der Waals surface area contributed by atoms with Gasteiger partial charge in [-0.15, -0.1) is 0 Å². The number of hydrogen-bond acceptors (Lipinski definition) is 1. The van der Waals surface area contributed by atoms with E-state index in [1.54, 1.807) is 0 Å². The molecular formula is C20H25N. The molecule has 0 aromatic heterocycles. The van der Waals surface area contributed by atoms with Crippen molar-refractivity contribution in [3.63, 3.8) is 0 Å². The van der Waals surface area contributed by atoms with Crippen molar-refractivity contribution in [2.24, 2.45) is 5.41 Å². The summed E-state index contributed by atoms with van der Waals surface area (Å²) in [6.45, 7) is 11.4. The maximum atomic E-state index is 2.62. The fraction of sp³-hybridized carbons (Fsp3) is 0.400. The van der Waals surface area contributed by atoms with E-state index >= 15 is 0 Å². The van der Waals surface area contributed by atoms with Crippen molar-refractivity contribution >= 4 is 0 Å². The molecule has 0 N–H and O–H groups in total. The van der Waals surface area contributed by atoms with Gasteiger partial charge in [0, 0.05) is 19.1 Å². The van der Waals surface area contributed by atoms with Crippen LogP contribution >= 0.6 is 0 Å². The van der Waals surface area contributed by atoms with Gasteiger partial charge >= 0.3 is 0 Å². The highest BCUT2D eigenvalue weighted by atomic mass is 15.2. The third-order valence-electron chi connectivity index (χ3n) is 4.87. The monoisotopic (exact) mass is 279 g/mol. The van der Waals surface area contributed by atoms with E-state index in [2.05, 4.69) is 81.1 Å². The molecule has 110 valence electrons. The Labute approximate surface area is 128 Å². The predicted octanol–water partition coefficient (Wildman–Crippen LogP) is 5.10. The lowest BCUT2D eigenvalue weighted by Gasteiger charge is -2.37. The molecule has 0 spiro atoms. The molecule has 0 aliphatic carbocycles. The molecule has 0 radical (unpaired) electrons. The van der Waals surface area contributed by atoms with Crippen LogP contribution in [0.3, 0.4) is 0 Å². The number of nitrogens with zero attached hydrogens (tertiary/aromatic N) is 1. The molecule has 3 rings (SSSR count). The fourth-order valence-electron chi connectivity index (χ4n) is 3.16. The zero-order chi connectivity index (χ0) is 15.0. The lowest BCUT2D eigenvalue weighted by molar-refractivity contribution is 0.0994. The minimum absolute atomic E-state index is 0.286. The van der Waals surface area contributed by atoms with E-state index in [0.717, 1.165) is 13.1 Å². The van der Waals surface area contributed by atoms with E-state index in [1.807, 2.05) is 0 Å². The van der Waals surface area contributed by atoms with Crippen molar-refractivity contribution in [3.05, 3.63) is 59.7 Å². The molecule has 1 heterocycles. The topological polar surface area (TPSA) is 3.24 Å². The molecular weight excluding hydrogens is 254 g/mol. The molecule has 0 unspecified atom stereocenters. The summed E-state index contributed by atoms with van der Waals surface area (Å²) >= 11 is 0. The van der Waals surface area contributed by atoms with E-state index in [0.29, 0.717) is 6.04 Å². The molecule has 0 amide bonds. The van der Waals surface area contributed by atoms with Gasteiger partial charge in [0.15, 0.2) is 0 Å². The van der Waals surface area contributed by atoms with Crippen LogP contribution in [0.1, 0.15) is 38.8 Å². The molecule has 1 aliphatic rings. The van der Waals surface area contributed by atoms with E-state index in [4.69, 9.17) is 0 Å². The highest BCUT2D eigenvalue weighted by Crippen LogP contribution is 2.35. The van der Waals surface area contributed by atoms with Crippen LogP contribution in [-0.2, 0) is 13.1 Å². The van der Waals surface area contributed by atoms with Crippen molar-refractivity contribution in [1.82, 2.24) is 4.90 Å². The smallest absolute Gasteiger partial charge is 0.0246 e. The van der Waals surface area contributed by atoms with Gasteiger partial charge < -0.3 is 0 Å². The Kier molecular flexibility index (Phi) is 3.62. The summed E-state index contributed by atoms with van der Waals surface area (Å²) in [5.41, 5.74) is 5.97. The third kappa shape index (κ3) is 2.75. The van der Waals surface area contributed by atoms with Gasteiger partial charge in [0.2, 0.25) is 0 Å². The third-order valence-corrected chi connectivity index (χ3v) is 4.87. The van der Waals surface area contributed by atoms with Gasteiger partial charge in [-0.25, -0.2) is 0 Å². The number of hydrogen-bond donors (Lipinski definition) is 0. The standard InChI is InChI=1S/C20H25N/c1-15(20(2,3)4)21-13-16-9-5-7-11-18(16)19-12-8-6-10-17(19)14-21/h5-12,15H,13-14H2,1-4H3/t15-/m0/s1. The van der Waals surface area contributed by atoms with Crippen LogP contribution < -0.4 is 0 Å². The molecule has 21 heavy (non-hydrogen) atoms. The van der Waals surface area contributed by atoms with Crippen molar-refractivity contribution in [1.29, 1.82) is 0 Å². The fourth-order valence-corrected chi connectivity index (χ4v) is 3.16. The maximum absolute atomic E-state index is 2.62. The van der Waals surface area contributed by atoms with E-state index in [1.165, 1.54) is 22.3 Å². The van der Waals surface area contributed by atoms with Gasteiger partial charge in [-0.2, -0.15) is 0 Å². The molecule has 0 fully saturated rings. The van der Waals surface area contributed by atoms with Gasteiger partial charge in [0.25, 0.3) is 0 Å². The average molecular weight is 279 g/mol. The summed E-state index contributed by atoms with van der Waals surface area (Å²) in [4.78, 5) is 2.62. The highest BCUT2D eigenvalue weighted by Gasteiger charge is 2.29. The molecule has 0 bridgehead atoms. The van der Waals surface area contributed by atoms with E-state index < -0.39 is 0 Å². The first-order valence-electron chi connectivity index (χ1n) is 7.87. The molecule has 0 saturated heterocycles. The number of fused-ring (bicyclic) bond motifs is 3. The van der Waals surface area contributed by atoms with Gasteiger partial charge in [-0.1, -0.05) is 69.3 Å². The summed E-state index contributed by atoms with van der Waals surface area (Å²) in [6, 6.07) is 18.2. The molecule has 1 heteroatoms. The Morgan fingerprint density at radius 2 is 1.24 bits per heavy atom. The molecule has 1 aliphatic heterocycles. The van der Waals surface area contributed by atoms with Crippen LogP contribution in [0.5, 0.6) is 0 Å². The first kappa shape index (κ1) is 14.3. The second-order valence-corrected chi connectivity index (χ2v) is 7.26. The minimum atomic E-state index is 0.286. The predicted molar refractivity (Wildman–Crippen MR) is 90.0 cm³/mol. The minimum Gasteiger partial charge on any atom is -0.292 e. The lowest BCUT2D eigenvalue weighted by atomic mass is 9.86. The first-order valence-corrected chi connectivity index (χ1v) is 7.87. The van der Waals surface area contributed by atoms with Crippen LogP contribution in [0.2, 0.25) is 0 Å². The molecule has 2 aromatic carbocycles. The normalized spacial score (nSPS) is 16.8. The van der Waals surface area contributed by atoms with E-state index in [-0.39, 0.29) is 5.41 Å². The van der Waals surface area contributed by atoms with Gasteiger partial charge in [-0.3, -0.25) is 4.90 Å². The maximum Gasteiger partial charge on any atom is 0.0246 e. The second kappa shape index (κ2) is 5.31. The lowest BCUT2D eigenvalue weighted by Crippen LogP contribution is -2.40. The van der Waals surface area contributed by atoms with Gasteiger partial charge in [0.1, 0.15) is 0 Å². The van der Waals surface area contributed by atoms with Crippen molar-refractivity contribution in [2.45, 2.75) is 46.8 Å². The number of rotatable bonds is 1. The molecule has 0 saturated carbocycles. The van der Waals surface area contributed by atoms with Crippen LogP contribution in [0.15, 0.2) is 48.5 Å². The molecule has 1 nitrogen and oxygen atoms in total. The molecule has 2 aromatic rings. The van der Waals surface area contributed by atoms with Crippen molar-refractivity contribution in [2.75, 3.05) is 0 Å². The second-order valence-electron chi connectivity index (χ2n) is 7.26. The zero-order valence-electron chi connectivity index (χ0n) is 13.6. The largest absolute Gasteiger partial charge is 0.292 e. The van der Waals surface area contributed by atoms with Crippen LogP contribution in [-0.4, -0.2) is 10.9 Å². The van der Waals surface area contributed by atoms with Crippen molar-refractivity contribution in [3.8, 4) is 11.1 Å². The number of benzene rings is 2. The molecule has 1 atom stereocenters. The Hall–Kier alpha value is -1.60. The van der Waals surface area contributed by atoms with Crippen LogP contribution in [0, 0.1) is 5.41 Å². The quantitative estimate of drug-likeness (QED) is 0.701. The Morgan fingerprint density at radius 3 is 1.67 bits per heavy atom. The Morgan fingerprint density at radius 1 is 0.810 bits per heavy atom. The van der Waals surface area contributed by atoms with Crippen molar-refractivity contribution < 1.29 is 0 Å². The summed E-state index contributed by atoms with van der Waals surface area (Å²) in [7, 11) is 0. The zero-order valence-corrected chi connectivity index (χ0v) is 13.6. The Balaban J connectivity index is 2.09. The first-order chi connectivity index (χ1) is 9.97. The summed E-state index contributed by atoms with van der Waals surface area (Å²) in [5, 5.41) is 0. The Bertz CT molecular complexity index is 589. The van der Waals surface area contributed by atoms with Crippen LogP contribution in [0.25, 0.3) is 11.1 Å². The summed E-state index contributed by atoms with van der Waals surface area (Å²) in [5.74, 6) is 0. The van der Waals surface area contributed by atoms with Gasteiger partial charge in [0.05, 0.1) is 0 Å². The summed E-state index contributed by atoms with van der Waals surface area (Å²) < 4.78 is 0. The van der Waals surface area contributed by atoms with E-state index in [9.17, 15) is 0 Å². The van der Waals surface area contributed by atoms with Crippen LogP contribution in [0.4, 0.5) is 0 Å².